The molecule has 0 saturated carbocycles. The van der Waals surface area contributed by atoms with Crippen molar-refractivity contribution in [3.63, 3.8) is 0 Å². The number of phenolic OH excluding ortho intramolecular Hbond substituents is 1. The first kappa shape index (κ1) is 20.3. The van der Waals surface area contributed by atoms with Gasteiger partial charge in [0.15, 0.2) is 0 Å². The second-order valence-electron chi connectivity index (χ2n) is 7.33. The maximum atomic E-state index is 10.4. The van der Waals surface area contributed by atoms with E-state index >= 15 is 0 Å². The van der Waals surface area contributed by atoms with Gasteiger partial charge in [-0.25, -0.2) is 0 Å². The molecule has 1 nitrogen and oxygen atoms in total. The Morgan fingerprint density at radius 1 is 1.08 bits per heavy atom. The van der Waals surface area contributed by atoms with Crippen LogP contribution in [-0.4, -0.2) is 24.6 Å². The molecule has 0 amide bonds. The predicted octanol–water partition coefficient (Wildman–Crippen LogP) is 7.59. The third kappa shape index (κ3) is 6.03. The summed E-state index contributed by atoms with van der Waals surface area (Å²) in [7, 11) is 0. The molecule has 2 aromatic carbocycles. The van der Waals surface area contributed by atoms with Crippen molar-refractivity contribution in [1.82, 2.24) is 0 Å². The molecule has 0 unspecified atom stereocenters. The molecule has 2 aromatic rings. The van der Waals surface area contributed by atoms with Crippen molar-refractivity contribution >= 4 is 34.4 Å². The van der Waals surface area contributed by atoms with Crippen LogP contribution in [0.2, 0.25) is 5.02 Å². The minimum atomic E-state index is -2.53. The molecule has 1 N–H and O–H groups in total. The minimum absolute atomic E-state index is 0.219. The van der Waals surface area contributed by atoms with Gasteiger partial charge in [-0.3, -0.25) is 0 Å². The van der Waals surface area contributed by atoms with Crippen molar-refractivity contribution < 1.29 is 5.11 Å². The molecule has 25 heavy (non-hydrogen) atoms. The number of unbranched alkanes of at least 4 members (excludes halogenated alkanes) is 2. The Kier molecular flexibility index (Phi) is 6.60. The van der Waals surface area contributed by atoms with E-state index in [0.29, 0.717) is 5.02 Å². The topological polar surface area (TPSA) is 20.2 Å². The van der Waals surface area contributed by atoms with E-state index in [4.69, 9.17) is 22.8 Å². The third-order valence-electron chi connectivity index (χ3n) is 4.28. The zero-order chi connectivity index (χ0) is 18.5. The zero-order valence-corrected chi connectivity index (χ0v) is 17.6. The summed E-state index contributed by atoms with van der Waals surface area (Å²) < 4.78 is 0. The molecular formula is C21H27Cl2OP. The van der Waals surface area contributed by atoms with E-state index in [0.717, 1.165) is 29.3 Å². The standard InChI is InChI=1S/C21H27Cl2OP/c1-4-5-9-14-25(2,3,23)16-20(17-10-7-6-8-11-17)19-15-18(22)12-13-21(19)24/h6-8,10-13,15-16,24H,4-5,9,14H2,1-3H3/b20-16-. The predicted molar refractivity (Wildman–Crippen MR) is 116 cm³/mol. The zero-order valence-electron chi connectivity index (χ0n) is 15.2. The summed E-state index contributed by atoms with van der Waals surface area (Å²) in [6.07, 6.45) is 4.46. The van der Waals surface area contributed by atoms with Crippen LogP contribution in [0.25, 0.3) is 5.57 Å². The van der Waals surface area contributed by atoms with Gasteiger partial charge in [0.05, 0.1) is 0 Å². The summed E-state index contributed by atoms with van der Waals surface area (Å²) in [6.45, 7) is 6.55. The summed E-state index contributed by atoms with van der Waals surface area (Å²) in [5.41, 5.74) is 2.72. The Balaban J connectivity index is 2.58. The second-order valence-corrected chi connectivity index (χ2v) is 16.5. The number of halogens is 2. The van der Waals surface area contributed by atoms with Crippen LogP contribution in [0.1, 0.15) is 37.3 Å². The number of hydrogen-bond donors (Lipinski definition) is 1. The van der Waals surface area contributed by atoms with Crippen LogP contribution in [0.3, 0.4) is 0 Å². The number of hydrogen-bond acceptors (Lipinski definition) is 1. The average Bonchev–Trinajstić information content (AvgIpc) is 2.56. The Labute approximate surface area is 161 Å². The van der Waals surface area contributed by atoms with Gasteiger partial charge >= 0.3 is 161 Å². The molecule has 0 bridgehead atoms. The van der Waals surface area contributed by atoms with Gasteiger partial charge in [0.2, 0.25) is 0 Å². The number of aromatic hydroxyl groups is 1. The van der Waals surface area contributed by atoms with Crippen molar-refractivity contribution in [2.24, 2.45) is 0 Å². The summed E-state index contributed by atoms with van der Waals surface area (Å²) >= 11 is 13.3. The summed E-state index contributed by atoms with van der Waals surface area (Å²) in [5.74, 6) is -0.117. The molecule has 136 valence electrons. The van der Waals surface area contributed by atoms with Gasteiger partial charge in [-0.15, -0.1) is 0 Å². The van der Waals surface area contributed by atoms with E-state index < -0.39 is 5.96 Å². The molecule has 0 aliphatic carbocycles. The monoisotopic (exact) mass is 396 g/mol. The van der Waals surface area contributed by atoms with Crippen LogP contribution < -0.4 is 0 Å². The molecule has 0 heterocycles. The van der Waals surface area contributed by atoms with Crippen LogP contribution in [0, 0.1) is 0 Å². The molecule has 0 spiro atoms. The van der Waals surface area contributed by atoms with E-state index in [2.05, 4.69) is 26.1 Å². The molecule has 0 aliphatic rings. The van der Waals surface area contributed by atoms with Crippen molar-refractivity contribution in [1.29, 1.82) is 0 Å². The Bertz CT molecular complexity index is 745. The van der Waals surface area contributed by atoms with Crippen LogP contribution in [0.4, 0.5) is 0 Å². The summed E-state index contributed by atoms with van der Waals surface area (Å²) in [4.78, 5) is 0. The molecule has 4 heteroatoms. The fraction of sp³-hybridized carbons (Fsp3) is 0.333. The molecule has 0 atom stereocenters. The first-order chi connectivity index (χ1) is 11.7. The fourth-order valence-corrected chi connectivity index (χ4v) is 6.13. The second kappa shape index (κ2) is 8.12. The number of phenols is 1. The van der Waals surface area contributed by atoms with E-state index in [1.54, 1.807) is 12.1 Å². The normalized spacial score (nSPS) is 14.1. The van der Waals surface area contributed by atoms with Crippen LogP contribution in [-0.2, 0) is 0 Å². The molecule has 0 aliphatic heterocycles. The number of rotatable bonds is 7. The van der Waals surface area contributed by atoms with Crippen LogP contribution >= 0.6 is 28.8 Å². The van der Waals surface area contributed by atoms with Gasteiger partial charge in [-0.2, -0.15) is 0 Å². The molecule has 0 saturated heterocycles. The van der Waals surface area contributed by atoms with Crippen LogP contribution in [0.15, 0.2) is 54.3 Å². The van der Waals surface area contributed by atoms with Crippen molar-refractivity contribution in [3.8, 4) is 5.75 Å². The fourth-order valence-electron chi connectivity index (χ4n) is 2.93. The molecule has 0 fully saturated rings. The van der Waals surface area contributed by atoms with Gasteiger partial charge in [-0.1, -0.05) is 0 Å². The first-order valence-electron chi connectivity index (χ1n) is 8.69. The summed E-state index contributed by atoms with van der Waals surface area (Å²) in [6, 6.07) is 15.2. The van der Waals surface area contributed by atoms with Gasteiger partial charge in [0.25, 0.3) is 0 Å². The average molecular weight is 397 g/mol. The van der Waals surface area contributed by atoms with E-state index in [1.165, 1.54) is 12.8 Å². The van der Waals surface area contributed by atoms with Crippen molar-refractivity contribution in [2.75, 3.05) is 19.5 Å². The van der Waals surface area contributed by atoms with E-state index in [-0.39, 0.29) is 5.75 Å². The Hall–Kier alpha value is -1.01. The quantitative estimate of drug-likeness (QED) is 0.377. The van der Waals surface area contributed by atoms with Crippen LogP contribution in [0.5, 0.6) is 5.75 Å². The SMILES string of the molecule is CCCCCP(C)(C)(Cl)/C=C(/c1ccccc1)c1cc(Cl)ccc1O. The van der Waals surface area contributed by atoms with Crippen molar-refractivity contribution in [3.05, 3.63) is 70.5 Å². The molecule has 2 rings (SSSR count). The Morgan fingerprint density at radius 2 is 1.76 bits per heavy atom. The number of benzene rings is 2. The molecule has 0 aromatic heterocycles. The first-order valence-corrected chi connectivity index (χ1v) is 13.4. The van der Waals surface area contributed by atoms with Gasteiger partial charge in [0.1, 0.15) is 0 Å². The van der Waals surface area contributed by atoms with Gasteiger partial charge in [-0.05, 0) is 0 Å². The summed E-state index contributed by atoms with van der Waals surface area (Å²) in [5, 5.41) is 11.0. The maximum absolute atomic E-state index is 10.4. The van der Waals surface area contributed by atoms with Crippen molar-refractivity contribution in [2.45, 2.75) is 26.2 Å². The van der Waals surface area contributed by atoms with Gasteiger partial charge in [0, 0.05) is 0 Å². The van der Waals surface area contributed by atoms with Gasteiger partial charge < -0.3 is 0 Å². The molecular weight excluding hydrogens is 370 g/mol. The third-order valence-corrected chi connectivity index (χ3v) is 8.01. The van der Waals surface area contributed by atoms with E-state index in [9.17, 15) is 5.11 Å². The molecule has 0 radical (unpaired) electrons. The van der Waals surface area contributed by atoms with E-state index in [1.807, 2.05) is 36.4 Å². The Morgan fingerprint density at radius 3 is 2.40 bits per heavy atom.